The molecule has 2 aliphatic heterocycles. The van der Waals surface area contributed by atoms with E-state index in [0.29, 0.717) is 96.1 Å². The molecule has 42 heavy (non-hydrogen) atoms. The van der Waals surface area contributed by atoms with Crippen LogP contribution in [0.3, 0.4) is 0 Å². The molecule has 0 aromatic carbocycles. The van der Waals surface area contributed by atoms with Gasteiger partial charge in [-0.3, -0.25) is 25.0 Å². The second-order valence-corrected chi connectivity index (χ2v) is 11.8. The summed E-state index contributed by atoms with van der Waals surface area (Å²) in [6.45, 7) is 4.41. The van der Waals surface area contributed by atoms with Gasteiger partial charge in [0.2, 0.25) is 11.8 Å². The molecule has 238 valence electrons. The molecule has 0 aromatic heterocycles. The van der Waals surface area contributed by atoms with Crippen molar-refractivity contribution >= 4 is 29.9 Å². The minimum absolute atomic E-state index is 0.0496. The molecule has 0 aromatic rings. The summed E-state index contributed by atoms with van der Waals surface area (Å²) in [7, 11) is 0. The van der Waals surface area contributed by atoms with Crippen LogP contribution >= 0.6 is 11.8 Å². The van der Waals surface area contributed by atoms with Crippen molar-refractivity contribution in [3.05, 3.63) is 23.3 Å². The molecule has 0 spiro atoms. The minimum atomic E-state index is -0.595. The second kappa shape index (κ2) is 21.0. The van der Waals surface area contributed by atoms with E-state index in [1.807, 2.05) is 17.8 Å². The summed E-state index contributed by atoms with van der Waals surface area (Å²) < 4.78 is 21.9. The van der Waals surface area contributed by atoms with Crippen molar-refractivity contribution in [1.29, 1.82) is 0 Å². The van der Waals surface area contributed by atoms with Gasteiger partial charge >= 0.3 is 0 Å². The molecule has 4 unspecified atom stereocenters. The van der Waals surface area contributed by atoms with E-state index in [-0.39, 0.29) is 11.8 Å². The number of hydrogen-bond donors (Lipinski definition) is 5. The number of aliphatic hydroxyl groups is 1. The van der Waals surface area contributed by atoms with Gasteiger partial charge in [0.25, 0.3) is 0 Å². The van der Waals surface area contributed by atoms with Crippen LogP contribution in [0.15, 0.2) is 23.3 Å². The maximum absolute atomic E-state index is 12.0. The molecule has 2 saturated heterocycles. The lowest BCUT2D eigenvalue weighted by molar-refractivity contribution is -0.122. The Morgan fingerprint density at radius 2 is 1.57 bits per heavy atom. The molecule has 5 N–H and O–H groups in total. The van der Waals surface area contributed by atoms with Gasteiger partial charge in [-0.05, 0) is 31.3 Å². The van der Waals surface area contributed by atoms with Crippen molar-refractivity contribution in [3.8, 4) is 0 Å². The predicted octanol–water partition coefficient (Wildman–Crippen LogP) is 0.403. The molecule has 0 bridgehead atoms. The summed E-state index contributed by atoms with van der Waals surface area (Å²) in [4.78, 5) is 34.6. The summed E-state index contributed by atoms with van der Waals surface area (Å²) in [5.41, 5.74) is 1.90. The van der Waals surface area contributed by atoms with Crippen LogP contribution in [0.1, 0.15) is 44.9 Å². The molecule has 0 saturated carbocycles. The molecule has 3 rings (SSSR count). The van der Waals surface area contributed by atoms with E-state index < -0.39 is 6.35 Å². The second-order valence-electron chi connectivity index (χ2n) is 10.5. The topological polar surface area (TPSA) is 156 Å². The average Bonchev–Trinajstić information content (AvgIpc) is 3.55. The summed E-state index contributed by atoms with van der Waals surface area (Å²) in [6, 6.07) is 0.663. The van der Waals surface area contributed by atoms with Crippen molar-refractivity contribution in [2.24, 2.45) is 0 Å². The number of thioether (sulfide) groups is 1. The highest BCUT2D eigenvalue weighted by Crippen LogP contribution is 2.33. The van der Waals surface area contributed by atoms with Crippen LogP contribution in [0.5, 0.6) is 0 Å². The molecular formula is C29H48N4O8S. The van der Waals surface area contributed by atoms with Crippen LogP contribution in [0.2, 0.25) is 0 Å². The number of nitrogens with one attached hydrogen (secondary N) is 4. The van der Waals surface area contributed by atoms with Crippen molar-refractivity contribution < 1.29 is 38.4 Å². The fraction of sp³-hybridized carbons (Fsp3) is 0.759. The van der Waals surface area contributed by atoms with E-state index in [4.69, 9.17) is 18.9 Å². The van der Waals surface area contributed by atoms with Gasteiger partial charge in [0, 0.05) is 49.0 Å². The van der Waals surface area contributed by atoms with Crippen molar-refractivity contribution in [3.63, 3.8) is 0 Å². The van der Waals surface area contributed by atoms with Gasteiger partial charge in [-0.1, -0.05) is 24.1 Å². The normalized spacial score (nSPS) is 23.3. The fourth-order valence-corrected chi connectivity index (χ4v) is 6.48. The molecule has 2 fully saturated rings. The van der Waals surface area contributed by atoms with Gasteiger partial charge in [0.15, 0.2) is 6.35 Å². The van der Waals surface area contributed by atoms with Crippen molar-refractivity contribution in [2.45, 2.75) is 68.6 Å². The maximum atomic E-state index is 12.0. The molecule has 12 nitrogen and oxygen atoms in total. The number of allylic oxidation sites excluding steroid dienone is 3. The molecule has 2 heterocycles. The summed E-state index contributed by atoms with van der Waals surface area (Å²) in [5, 5.41) is 22.2. The van der Waals surface area contributed by atoms with Crippen LogP contribution in [0.25, 0.3) is 0 Å². The Bertz CT molecular complexity index is 890. The smallest absolute Gasteiger partial charge is 0.222 e. The number of aliphatic hydroxyl groups excluding tert-OH is 1. The van der Waals surface area contributed by atoms with Gasteiger partial charge in [0.05, 0.1) is 52.9 Å². The number of hydrogen-bond acceptors (Lipinski definition) is 11. The van der Waals surface area contributed by atoms with E-state index in [1.165, 1.54) is 0 Å². The Balaban J connectivity index is 0.997. The molecular weight excluding hydrogens is 564 g/mol. The van der Waals surface area contributed by atoms with E-state index >= 15 is 0 Å². The van der Waals surface area contributed by atoms with Gasteiger partial charge in [-0.15, -0.1) is 0 Å². The van der Waals surface area contributed by atoms with E-state index in [1.54, 1.807) is 6.08 Å². The number of amides is 2. The van der Waals surface area contributed by atoms with Crippen LogP contribution in [-0.4, -0.2) is 119 Å². The first-order valence-corrected chi connectivity index (χ1v) is 16.1. The molecule has 3 aliphatic rings. The number of unbranched alkanes of at least 4 members (excludes halogenated alkanes) is 1. The fourth-order valence-electron chi connectivity index (χ4n) is 4.92. The third kappa shape index (κ3) is 14.1. The number of ether oxygens (including phenoxy) is 4. The van der Waals surface area contributed by atoms with Crippen molar-refractivity contribution in [2.75, 3.05) is 71.7 Å². The SMILES string of the molecule is O=CC1=CC=C(CNC(=O)CCOCCOCCOCCOCCNC(=O)CCCCC2SCC3NC(O)NC32)CC1. The molecule has 13 heteroatoms. The third-order valence-electron chi connectivity index (χ3n) is 7.28. The monoisotopic (exact) mass is 612 g/mol. The molecule has 1 aliphatic carbocycles. The molecule has 4 atom stereocenters. The number of carbonyl (C=O) groups excluding carboxylic acids is 3. The molecule has 0 radical (unpaired) electrons. The quantitative estimate of drug-likeness (QED) is 0.0804. The Morgan fingerprint density at radius 1 is 0.881 bits per heavy atom. The summed E-state index contributed by atoms with van der Waals surface area (Å²) in [6.07, 6.45) is 9.22. The third-order valence-corrected chi connectivity index (χ3v) is 8.79. The zero-order valence-corrected chi connectivity index (χ0v) is 25.3. The lowest BCUT2D eigenvalue weighted by atomic mass is 9.99. The first-order valence-electron chi connectivity index (χ1n) is 15.0. The highest BCUT2D eigenvalue weighted by atomic mass is 32.2. The first-order chi connectivity index (χ1) is 20.5. The van der Waals surface area contributed by atoms with Crippen LogP contribution in [0, 0.1) is 0 Å². The summed E-state index contributed by atoms with van der Waals surface area (Å²) in [5.74, 6) is 1.00. The van der Waals surface area contributed by atoms with Gasteiger partial charge < -0.3 is 34.7 Å². The Labute approximate surface area is 253 Å². The highest BCUT2D eigenvalue weighted by Gasteiger charge is 2.42. The molecule has 2 amide bonds. The lowest BCUT2D eigenvalue weighted by Gasteiger charge is -2.17. The largest absolute Gasteiger partial charge is 0.379 e. The number of fused-ring (bicyclic) bond motifs is 1. The average molecular weight is 613 g/mol. The van der Waals surface area contributed by atoms with Gasteiger partial charge in [-0.25, -0.2) is 0 Å². The van der Waals surface area contributed by atoms with Crippen molar-refractivity contribution in [1.82, 2.24) is 21.3 Å². The predicted molar refractivity (Wildman–Crippen MR) is 160 cm³/mol. The minimum Gasteiger partial charge on any atom is -0.379 e. The van der Waals surface area contributed by atoms with E-state index in [2.05, 4.69) is 21.3 Å². The zero-order chi connectivity index (χ0) is 29.8. The van der Waals surface area contributed by atoms with E-state index in [9.17, 15) is 19.5 Å². The lowest BCUT2D eigenvalue weighted by Crippen LogP contribution is -2.38. The Morgan fingerprint density at radius 3 is 2.26 bits per heavy atom. The van der Waals surface area contributed by atoms with Crippen LogP contribution < -0.4 is 21.3 Å². The standard InChI is InChI=1S/C29H48N4O8S/c34-20-23-7-5-22(6-8-23)19-31-27(36)9-11-38-13-15-40-17-18-41-16-14-39-12-10-30-26(35)4-2-1-3-25-28-24(21-42-25)32-29(37)33-28/h5,7,20,24-25,28-29,32-33,37H,1-4,6,8-19,21H2,(H,30,35)(H,31,36). The zero-order valence-electron chi connectivity index (χ0n) is 24.5. The highest BCUT2D eigenvalue weighted by molar-refractivity contribution is 8.00. The first kappa shape index (κ1) is 34.6. The maximum Gasteiger partial charge on any atom is 0.222 e. The van der Waals surface area contributed by atoms with Crippen LogP contribution in [0.4, 0.5) is 0 Å². The Kier molecular flexibility index (Phi) is 17.3. The number of aldehydes is 1. The van der Waals surface area contributed by atoms with E-state index in [0.717, 1.165) is 55.3 Å². The number of rotatable bonds is 23. The summed E-state index contributed by atoms with van der Waals surface area (Å²) >= 11 is 1.94. The van der Waals surface area contributed by atoms with Gasteiger partial charge in [0.1, 0.15) is 6.29 Å². The van der Waals surface area contributed by atoms with Gasteiger partial charge in [-0.2, -0.15) is 11.8 Å². The Hall–Kier alpha value is -1.84. The number of carbonyl (C=O) groups is 3. The van der Waals surface area contributed by atoms with Crippen LogP contribution in [-0.2, 0) is 33.3 Å².